The number of carbonyl (C=O) groups is 4. The first kappa shape index (κ1) is 24.7. The van der Waals surface area contributed by atoms with Gasteiger partial charge in [-0.15, -0.1) is 0 Å². The van der Waals surface area contributed by atoms with E-state index in [9.17, 15) is 19.2 Å². The minimum Gasteiger partial charge on any atom is -0.459 e. The predicted octanol–water partition coefficient (Wildman–Crippen LogP) is 4.40. The van der Waals surface area contributed by atoms with Gasteiger partial charge in [-0.25, -0.2) is 0 Å². The summed E-state index contributed by atoms with van der Waals surface area (Å²) in [5.41, 5.74) is 1.52. The number of rotatable bonds is 7. The summed E-state index contributed by atoms with van der Waals surface area (Å²) in [5, 5.41) is 3.26. The molecule has 1 aliphatic rings. The van der Waals surface area contributed by atoms with Crippen LogP contribution in [0.4, 0.5) is 17.1 Å². The molecule has 0 bridgehead atoms. The maximum atomic E-state index is 13.6. The summed E-state index contributed by atoms with van der Waals surface area (Å²) in [6.45, 7) is 4.30. The number of fused-ring (bicyclic) bond motifs is 1. The lowest BCUT2D eigenvalue weighted by Crippen LogP contribution is -2.46. The Morgan fingerprint density at radius 2 is 1.39 bits per heavy atom. The minimum absolute atomic E-state index is 0.250. The summed E-state index contributed by atoms with van der Waals surface area (Å²) < 4.78 is 5.46. The van der Waals surface area contributed by atoms with Crippen LogP contribution in [0.25, 0.3) is 0 Å². The van der Waals surface area contributed by atoms with Crippen LogP contribution in [-0.2, 0) is 14.3 Å². The van der Waals surface area contributed by atoms with Gasteiger partial charge >= 0.3 is 5.97 Å². The van der Waals surface area contributed by atoms with Gasteiger partial charge < -0.3 is 10.1 Å². The Hall–Kier alpha value is -4.46. The van der Waals surface area contributed by atoms with Gasteiger partial charge in [0.2, 0.25) is 5.91 Å². The van der Waals surface area contributed by atoms with Crippen molar-refractivity contribution < 1.29 is 23.9 Å². The van der Waals surface area contributed by atoms with E-state index in [1.807, 2.05) is 30.3 Å². The quantitative estimate of drug-likeness (QED) is 0.394. The number of amides is 3. The summed E-state index contributed by atoms with van der Waals surface area (Å²) in [5.74, 6) is -2.31. The van der Waals surface area contributed by atoms with Crippen LogP contribution in [0, 0.1) is 0 Å². The SMILES string of the molecule is CC(C)(C)OC(=O)CN(C(=O)CN1C(=O)c2ccccc2C1=O)c1ccccc1Nc1ccccc1. The minimum atomic E-state index is -0.754. The summed E-state index contributed by atoms with van der Waals surface area (Å²) in [6, 6.07) is 22.8. The fourth-order valence-corrected chi connectivity index (χ4v) is 3.91. The average molecular weight is 486 g/mol. The van der Waals surface area contributed by atoms with Crippen molar-refractivity contribution in [2.75, 3.05) is 23.3 Å². The molecule has 0 fully saturated rings. The number of para-hydroxylation sites is 3. The number of anilines is 3. The highest BCUT2D eigenvalue weighted by Gasteiger charge is 2.38. The third kappa shape index (κ3) is 5.43. The standard InChI is InChI=1S/C28H27N3O5/c1-28(2,3)36-25(33)18-30(23-16-10-9-15-22(23)29-19-11-5-4-6-12-19)24(32)17-31-26(34)20-13-7-8-14-21(20)27(31)35/h4-16,29H,17-18H2,1-3H3. The Morgan fingerprint density at radius 3 is 2.00 bits per heavy atom. The van der Waals surface area contributed by atoms with Crippen LogP contribution in [0.3, 0.4) is 0 Å². The van der Waals surface area contributed by atoms with E-state index < -0.39 is 42.4 Å². The number of esters is 1. The van der Waals surface area contributed by atoms with Gasteiger partial charge in [0, 0.05) is 5.69 Å². The van der Waals surface area contributed by atoms with Gasteiger partial charge in [0.25, 0.3) is 11.8 Å². The van der Waals surface area contributed by atoms with Crippen LogP contribution < -0.4 is 10.2 Å². The molecule has 36 heavy (non-hydrogen) atoms. The van der Waals surface area contributed by atoms with Gasteiger partial charge in [-0.05, 0) is 57.2 Å². The number of carbonyl (C=O) groups excluding carboxylic acids is 4. The van der Waals surface area contributed by atoms with Crippen molar-refractivity contribution in [2.45, 2.75) is 26.4 Å². The van der Waals surface area contributed by atoms with Crippen molar-refractivity contribution in [1.29, 1.82) is 0 Å². The number of imide groups is 1. The normalized spacial score (nSPS) is 12.8. The highest BCUT2D eigenvalue weighted by Crippen LogP contribution is 2.30. The molecule has 0 radical (unpaired) electrons. The smallest absolute Gasteiger partial charge is 0.326 e. The number of nitrogens with zero attached hydrogens (tertiary/aromatic N) is 2. The van der Waals surface area contributed by atoms with Crippen LogP contribution in [-0.4, -0.2) is 47.3 Å². The van der Waals surface area contributed by atoms with E-state index in [-0.39, 0.29) is 11.1 Å². The summed E-state index contributed by atoms with van der Waals surface area (Å²) in [6.07, 6.45) is 0. The summed E-state index contributed by atoms with van der Waals surface area (Å²) >= 11 is 0. The molecule has 0 spiro atoms. The Labute approximate surface area is 209 Å². The van der Waals surface area contributed by atoms with Crippen molar-refractivity contribution in [3.63, 3.8) is 0 Å². The molecule has 4 rings (SSSR count). The van der Waals surface area contributed by atoms with Crippen LogP contribution >= 0.6 is 0 Å². The van der Waals surface area contributed by atoms with Crippen molar-refractivity contribution >= 4 is 40.8 Å². The second-order valence-electron chi connectivity index (χ2n) is 9.32. The molecular formula is C28H27N3O5. The van der Waals surface area contributed by atoms with E-state index in [0.29, 0.717) is 11.4 Å². The molecule has 184 valence electrons. The third-order valence-electron chi connectivity index (χ3n) is 5.43. The molecule has 1 aliphatic heterocycles. The highest BCUT2D eigenvalue weighted by atomic mass is 16.6. The van der Waals surface area contributed by atoms with Gasteiger partial charge in [0.15, 0.2) is 0 Å². The topological polar surface area (TPSA) is 96.0 Å². The van der Waals surface area contributed by atoms with Crippen LogP contribution in [0.1, 0.15) is 41.5 Å². The maximum Gasteiger partial charge on any atom is 0.326 e. The number of hydrogen-bond acceptors (Lipinski definition) is 6. The largest absolute Gasteiger partial charge is 0.459 e. The molecule has 1 heterocycles. The fourth-order valence-electron chi connectivity index (χ4n) is 3.91. The molecule has 3 amide bonds. The fraction of sp³-hybridized carbons (Fsp3) is 0.214. The molecule has 0 aliphatic carbocycles. The van der Waals surface area contributed by atoms with Gasteiger partial charge in [0.1, 0.15) is 18.7 Å². The molecule has 1 N–H and O–H groups in total. The first-order valence-electron chi connectivity index (χ1n) is 11.5. The van der Waals surface area contributed by atoms with Crippen LogP contribution in [0.2, 0.25) is 0 Å². The Balaban J connectivity index is 1.65. The first-order chi connectivity index (χ1) is 17.1. The zero-order chi connectivity index (χ0) is 25.9. The van der Waals surface area contributed by atoms with E-state index in [1.54, 1.807) is 69.3 Å². The van der Waals surface area contributed by atoms with Gasteiger partial charge in [0.05, 0.1) is 22.5 Å². The van der Waals surface area contributed by atoms with Gasteiger partial charge in [-0.1, -0.05) is 42.5 Å². The monoisotopic (exact) mass is 485 g/mol. The average Bonchev–Trinajstić information content (AvgIpc) is 3.07. The van der Waals surface area contributed by atoms with Crippen molar-refractivity contribution in [1.82, 2.24) is 4.90 Å². The lowest BCUT2D eigenvalue weighted by molar-refractivity contribution is -0.153. The summed E-state index contributed by atoms with van der Waals surface area (Å²) in [4.78, 5) is 54.2. The molecule has 0 atom stereocenters. The van der Waals surface area contributed by atoms with Crippen LogP contribution in [0.15, 0.2) is 78.9 Å². The van der Waals surface area contributed by atoms with E-state index in [4.69, 9.17) is 4.74 Å². The Kier molecular flexibility index (Phi) is 6.87. The van der Waals surface area contributed by atoms with E-state index >= 15 is 0 Å². The third-order valence-corrected chi connectivity index (χ3v) is 5.43. The Bertz CT molecular complexity index is 1280. The Morgan fingerprint density at radius 1 is 0.833 bits per heavy atom. The van der Waals surface area contributed by atoms with E-state index in [2.05, 4.69) is 5.32 Å². The maximum absolute atomic E-state index is 13.6. The predicted molar refractivity (Wildman–Crippen MR) is 136 cm³/mol. The molecule has 8 nitrogen and oxygen atoms in total. The first-order valence-corrected chi connectivity index (χ1v) is 11.5. The second-order valence-corrected chi connectivity index (χ2v) is 9.32. The van der Waals surface area contributed by atoms with Crippen LogP contribution in [0.5, 0.6) is 0 Å². The molecule has 0 saturated heterocycles. The second kappa shape index (κ2) is 10.0. The highest BCUT2D eigenvalue weighted by molar-refractivity contribution is 6.23. The lowest BCUT2D eigenvalue weighted by Gasteiger charge is -2.28. The summed E-state index contributed by atoms with van der Waals surface area (Å²) in [7, 11) is 0. The molecule has 0 aromatic heterocycles. The number of nitrogens with one attached hydrogen (secondary N) is 1. The van der Waals surface area contributed by atoms with Gasteiger partial charge in [-0.3, -0.25) is 29.0 Å². The number of hydrogen-bond donors (Lipinski definition) is 1. The number of benzene rings is 3. The molecule has 0 unspecified atom stereocenters. The lowest BCUT2D eigenvalue weighted by atomic mass is 10.1. The van der Waals surface area contributed by atoms with Crippen molar-refractivity contribution in [3.05, 3.63) is 90.0 Å². The molecule has 8 heteroatoms. The zero-order valence-corrected chi connectivity index (χ0v) is 20.4. The molecule has 0 saturated carbocycles. The molecule has 3 aromatic rings. The molecular weight excluding hydrogens is 458 g/mol. The van der Waals surface area contributed by atoms with E-state index in [0.717, 1.165) is 10.6 Å². The van der Waals surface area contributed by atoms with E-state index in [1.165, 1.54) is 4.90 Å². The number of ether oxygens (including phenoxy) is 1. The van der Waals surface area contributed by atoms with Crippen molar-refractivity contribution in [2.24, 2.45) is 0 Å². The zero-order valence-electron chi connectivity index (χ0n) is 20.4. The van der Waals surface area contributed by atoms with Gasteiger partial charge in [-0.2, -0.15) is 0 Å². The molecule has 3 aromatic carbocycles. The van der Waals surface area contributed by atoms with Crippen molar-refractivity contribution in [3.8, 4) is 0 Å².